The molecule has 4 aliphatic rings. The van der Waals surface area contributed by atoms with Gasteiger partial charge in [-0.1, -0.05) is 82.1 Å². The van der Waals surface area contributed by atoms with Crippen molar-refractivity contribution in [2.45, 2.75) is 62.6 Å². The lowest BCUT2D eigenvalue weighted by atomic mass is 9.74. The van der Waals surface area contributed by atoms with Gasteiger partial charge in [0.25, 0.3) is 5.91 Å². The second kappa shape index (κ2) is 14.4. The van der Waals surface area contributed by atoms with Crippen molar-refractivity contribution in [2.75, 3.05) is 31.8 Å². The van der Waals surface area contributed by atoms with E-state index in [2.05, 4.69) is 21.2 Å². The molecule has 0 radical (unpaired) electrons. The van der Waals surface area contributed by atoms with E-state index in [0.717, 1.165) is 5.56 Å². The molecule has 2 aromatic rings. The Labute approximate surface area is 298 Å². The van der Waals surface area contributed by atoms with Crippen LogP contribution in [0.15, 0.2) is 71.2 Å². The molecule has 2 saturated heterocycles. The van der Waals surface area contributed by atoms with Crippen molar-refractivity contribution in [1.82, 2.24) is 10.2 Å². The molecule has 11 nitrogen and oxygen atoms in total. The number of ether oxygens (including phenoxy) is 3. The van der Waals surface area contributed by atoms with Gasteiger partial charge >= 0.3 is 5.97 Å². The van der Waals surface area contributed by atoms with E-state index in [0.29, 0.717) is 27.2 Å². The zero-order valence-corrected chi connectivity index (χ0v) is 29.7. The van der Waals surface area contributed by atoms with Gasteiger partial charge in [-0.25, -0.2) is 0 Å². The van der Waals surface area contributed by atoms with E-state index in [4.69, 9.17) is 25.8 Å². The lowest BCUT2D eigenvalue weighted by molar-refractivity contribution is -0.162. The van der Waals surface area contributed by atoms with Crippen LogP contribution in [0.25, 0.3) is 0 Å². The van der Waals surface area contributed by atoms with Crippen molar-refractivity contribution in [3.8, 4) is 0 Å². The number of aryl methyl sites for hydroxylation is 1. The number of anilines is 1. The van der Waals surface area contributed by atoms with Gasteiger partial charge in [0.1, 0.15) is 29.8 Å². The van der Waals surface area contributed by atoms with Gasteiger partial charge in [0, 0.05) is 24.6 Å². The molecule has 5 bridgehead atoms. The second-order valence-corrected chi connectivity index (χ2v) is 14.2. The minimum Gasteiger partial charge on any atom is -0.455 e. The van der Waals surface area contributed by atoms with Crippen LogP contribution in [0.5, 0.6) is 0 Å². The average Bonchev–Trinajstić information content (AvgIpc) is 3.68. The summed E-state index contributed by atoms with van der Waals surface area (Å²) in [7, 11) is 1.49. The minimum absolute atomic E-state index is 0.0411. The van der Waals surface area contributed by atoms with E-state index in [-0.39, 0.29) is 25.5 Å². The first-order chi connectivity index (χ1) is 23.5. The largest absolute Gasteiger partial charge is 0.455 e. The molecule has 3 amide bonds. The van der Waals surface area contributed by atoms with Gasteiger partial charge in [0.05, 0.1) is 41.9 Å². The highest BCUT2D eigenvalue weighted by Gasteiger charge is 2.75. The number of esters is 1. The number of halogens is 2. The van der Waals surface area contributed by atoms with Crippen molar-refractivity contribution in [3.05, 3.63) is 87.4 Å². The summed E-state index contributed by atoms with van der Waals surface area (Å²) in [6.45, 7) is 3.16. The number of hydrogen-bond acceptors (Lipinski definition) is 8. The Morgan fingerprint density at radius 2 is 1.84 bits per heavy atom. The maximum atomic E-state index is 15.0. The number of nitrogens with zero attached hydrogens (tertiary/aromatic N) is 2. The first-order valence-corrected chi connectivity index (χ1v) is 17.5. The van der Waals surface area contributed by atoms with Gasteiger partial charge in [-0.2, -0.15) is 0 Å². The molecule has 8 atom stereocenters. The molecule has 0 unspecified atom stereocenters. The van der Waals surface area contributed by atoms with Crippen molar-refractivity contribution in [3.63, 3.8) is 0 Å². The fourth-order valence-electron chi connectivity index (χ4n) is 7.58. The lowest BCUT2D eigenvalue weighted by Crippen LogP contribution is -2.58. The number of aliphatic hydroxyl groups excluding tert-OH is 1. The molecular weight excluding hydrogens is 718 g/mol. The van der Waals surface area contributed by atoms with Gasteiger partial charge < -0.3 is 34.4 Å². The molecule has 0 aromatic heterocycles. The number of rotatable bonds is 6. The van der Waals surface area contributed by atoms with Gasteiger partial charge in [-0.3, -0.25) is 19.2 Å². The highest BCUT2D eigenvalue weighted by atomic mass is 79.9. The number of hydrogen-bond donors (Lipinski definition) is 2. The van der Waals surface area contributed by atoms with Gasteiger partial charge in [0.2, 0.25) is 11.8 Å². The molecule has 49 heavy (non-hydrogen) atoms. The number of methoxy groups -OCH3 is 1. The van der Waals surface area contributed by atoms with Crippen LogP contribution in [0.1, 0.15) is 37.0 Å². The molecule has 1 spiro atoms. The van der Waals surface area contributed by atoms with Crippen molar-refractivity contribution in [1.29, 1.82) is 0 Å². The molecule has 2 N–H and O–H groups in total. The Morgan fingerprint density at radius 3 is 2.53 bits per heavy atom. The summed E-state index contributed by atoms with van der Waals surface area (Å²) in [6.07, 6.45) is 3.90. The van der Waals surface area contributed by atoms with Crippen LogP contribution >= 0.6 is 27.5 Å². The number of cyclic esters (lactones) is 1. The normalized spacial score (nSPS) is 31.7. The third-order valence-electron chi connectivity index (χ3n) is 9.76. The first kappa shape index (κ1) is 35.3. The summed E-state index contributed by atoms with van der Waals surface area (Å²) in [5, 5.41) is 13.7. The molecule has 2 aromatic carbocycles. The van der Waals surface area contributed by atoms with Gasteiger partial charge in [-0.15, -0.1) is 0 Å². The maximum absolute atomic E-state index is 15.0. The van der Waals surface area contributed by atoms with Gasteiger partial charge in [-0.05, 0) is 43.5 Å². The Morgan fingerprint density at radius 1 is 1.08 bits per heavy atom. The fraction of sp³-hybridized carbons (Fsp3) is 0.444. The minimum atomic E-state index is -1.56. The van der Waals surface area contributed by atoms with Crippen LogP contribution in [0, 0.1) is 18.8 Å². The molecule has 260 valence electrons. The van der Waals surface area contributed by atoms with Crippen molar-refractivity contribution in [2.24, 2.45) is 11.8 Å². The van der Waals surface area contributed by atoms with Crippen LogP contribution in [-0.4, -0.2) is 90.4 Å². The lowest BCUT2D eigenvalue weighted by Gasteiger charge is -2.38. The predicted octanol–water partition coefficient (Wildman–Crippen LogP) is 4.00. The molecule has 13 heteroatoms. The van der Waals surface area contributed by atoms with E-state index < -0.39 is 72.2 Å². The standard InChI is InChI=1S/C36H39BrClN3O8/c1-20-11-10-14-24(38)29(20)40-16-9-5-8-15-26(43)39-25(19-47-3)30(22-12-6-4-7-13-22)48-35(46)27-28-33(44)41(21(2)18-42)32(34(40)45)36(28)17-23(37)31(27)49-36/h4-7,9-14,17,21,25,27-28,30-32,42H,8,15-16,18-19H2,1-3H3,(H,39,43)/b9-5-/t21-,25-,27+,28-,30-,31+,32+,36-/m1/s1. The van der Waals surface area contributed by atoms with Gasteiger partial charge in [0.15, 0.2) is 0 Å². The number of aliphatic hydroxyl groups is 1. The van der Waals surface area contributed by atoms with E-state index in [9.17, 15) is 19.5 Å². The molecule has 4 aliphatic heterocycles. The Bertz CT molecular complexity index is 1670. The van der Waals surface area contributed by atoms with Crippen molar-refractivity contribution >= 4 is 56.9 Å². The highest BCUT2D eigenvalue weighted by Crippen LogP contribution is 2.59. The smallest absolute Gasteiger partial charge is 0.313 e. The highest BCUT2D eigenvalue weighted by molar-refractivity contribution is 9.11. The fourth-order valence-corrected chi connectivity index (χ4v) is 8.64. The molecule has 0 saturated carbocycles. The number of nitrogens with one attached hydrogen (secondary N) is 1. The summed E-state index contributed by atoms with van der Waals surface area (Å²) < 4.78 is 18.8. The third kappa shape index (κ3) is 6.22. The van der Waals surface area contributed by atoms with Crippen LogP contribution in [0.3, 0.4) is 0 Å². The summed E-state index contributed by atoms with van der Waals surface area (Å²) >= 11 is 10.3. The second-order valence-electron chi connectivity index (χ2n) is 12.9. The number of benzene rings is 2. The Hall–Kier alpha value is -3.55. The third-order valence-corrected chi connectivity index (χ3v) is 10.7. The number of fused-ring (bicyclic) bond motifs is 2. The number of allylic oxidation sites excluding steroid dienone is 1. The average molecular weight is 757 g/mol. The quantitative estimate of drug-likeness (QED) is 0.334. The molecule has 0 aliphatic carbocycles. The van der Waals surface area contributed by atoms with E-state index in [1.807, 2.05) is 25.1 Å². The van der Waals surface area contributed by atoms with Crippen LogP contribution in [0.2, 0.25) is 5.02 Å². The SMILES string of the molecule is COC[C@H]1NC(=O)CC/C=C\CN(c2c(C)cccc2Cl)C(=O)[C@@H]2N([C@H](C)CO)C(=O)[C@H]3[C@H](C(=O)O[C@@H]1c1ccccc1)[C@H]1O[C@@]23C=C1Br. The van der Waals surface area contributed by atoms with Crippen molar-refractivity contribution < 1.29 is 38.5 Å². The summed E-state index contributed by atoms with van der Waals surface area (Å²) in [5.41, 5.74) is 0.248. The van der Waals surface area contributed by atoms with Crippen LogP contribution in [0.4, 0.5) is 5.69 Å². The van der Waals surface area contributed by atoms with Crippen LogP contribution < -0.4 is 10.2 Å². The Balaban J connectivity index is 1.51. The Kier molecular flexibility index (Phi) is 10.3. The van der Waals surface area contributed by atoms with Crippen LogP contribution in [-0.2, 0) is 33.4 Å². The number of amides is 3. The number of para-hydroxylation sites is 1. The molecule has 2 fully saturated rings. The van der Waals surface area contributed by atoms with E-state index >= 15 is 4.79 Å². The maximum Gasteiger partial charge on any atom is 0.313 e. The molecule has 4 heterocycles. The number of carbonyl (C=O) groups is 4. The number of likely N-dealkylation sites (tertiary alicyclic amines) is 1. The van der Waals surface area contributed by atoms with E-state index in [1.165, 1.54) is 16.9 Å². The zero-order valence-electron chi connectivity index (χ0n) is 27.4. The summed E-state index contributed by atoms with van der Waals surface area (Å²) in [5.74, 6) is -4.29. The summed E-state index contributed by atoms with van der Waals surface area (Å²) in [4.78, 5) is 60.1. The number of carbonyl (C=O) groups excluding carboxylic acids is 4. The molecule has 6 rings (SSSR count). The first-order valence-electron chi connectivity index (χ1n) is 16.3. The molecular formula is C36H39BrClN3O8. The zero-order chi connectivity index (χ0) is 35.0. The predicted molar refractivity (Wildman–Crippen MR) is 185 cm³/mol. The topological polar surface area (TPSA) is 135 Å². The van der Waals surface area contributed by atoms with E-state index in [1.54, 1.807) is 55.5 Å². The summed E-state index contributed by atoms with van der Waals surface area (Å²) in [6, 6.07) is 11.5. The monoisotopic (exact) mass is 755 g/mol.